The van der Waals surface area contributed by atoms with Crippen molar-refractivity contribution in [3.63, 3.8) is 0 Å². The standard InChI is InChI=1S/C14H29BO3Si/c1-16-15(17-2)14(18-19(3,4)5)11-10-12-8-6-7-9-13(12)14/h12-13H,6-11H2,1-5H3. The zero-order chi connectivity index (χ0) is 14.1. The Bertz CT molecular complexity index is 304. The monoisotopic (exact) mass is 284 g/mol. The summed E-state index contributed by atoms with van der Waals surface area (Å²) in [4.78, 5) is 0. The molecule has 19 heavy (non-hydrogen) atoms. The molecule has 0 heterocycles. The van der Waals surface area contributed by atoms with E-state index in [1.165, 1.54) is 32.1 Å². The number of hydrogen-bond acceptors (Lipinski definition) is 3. The van der Waals surface area contributed by atoms with Gasteiger partial charge in [0.2, 0.25) is 0 Å². The van der Waals surface area contributed by atoms with Crippen molar-refractivity contribution >= 4 is 15.4 Å². The highest BCUT2D eigenvalue weighted by Crippen LogP contribution is 2.52. The normalized spacial score (nSPS) is 35.2. The van der Waals surface area contributed by atoms with Crippen LogP contribution in [-0.2, 0) is 13.7 Å². The van der Waals surface area contributed by atoms with Crippen LogP contribution < -0.4 is 0 Å². The van der Waals surface area contributed by atoms with Gasteiger partial charge in [0, 0.05) is 14.2 Å². The minimum Gasteiger partial charge on any atom is -0.413 e. The molecule has 0 saturated heterocycles. The molecular formula is C14H29BO3Si. The lowest BCUT2D eigenvalue weighted by Gasteiger charge is -2.44. The average molecular weight is 284 g/mol. The van der Waals surface area contributed by atoms with Crippen molar-refractivity contribution in [1.82, 2.24) is 0 Å². The summed E-state index contributed by atoms with van der Waals surface area (Å²) in [6.07, 6.45) is 7.73. The van der Waals surface area contributed by atoms with Crippen molar-refractivity contribution in [2.75, 3.05) is 14.2 Å². The van der Waals surface area contributed by atoms with Gasteiger partial charge < -0.3 is 13.7 Å². The lowest BCUT2D eigenvalue weighted by Crippen LogP contribution is -2.59. The average Bonchev–Trinajstić information content (AvgIpc) is 2.69. The van der Waals surface area contributed by atoms with Crippen LogP contribution in [0.25, 0.3) is 0 Å². The molecule has 3 nitrogen and oxygen atoms in total. The first-order valence-corrected chi connectivity index (χ1v) is 11.1. The molecular weight excluding hydrogens is 255 g/mol. The Morgan fingerprint density at radius 3 is 2.21 bits per heavy atom. The molecule has 3 unspecified atom stereocenters. The minimum atomic E-state index is -1.63. The summed E-state index contributed by atoms with van der Waals surface area (Å²) >= 11 is 0. The van der Waals surface area contributed by atoms with Crippen molar-refractivity contribution in [2.45, 2.75) is 63.7 Å². The number of hydrogen-bond donors (Lipinski definition) is 0. The molecule has 0 radical (unpaired) electrons. The maximum Gasteiger partial charge on any atom is 0.489 e. The van der Waals surface area contributed by atoms with Crippen LogP contribution >= 0.6 is 0 Å². The summed E-state index contributed by atoms with van der Waals surface area (Å²) in [6.45, 7) is 6.81. The van der Waals surface area contributed by atoms with Crippen LogP contribution in [0.3, 0.4) is 0 Å². The maximum atomic E-state index is 6.69. The van der Waals surface area contributed by atoms with Crippen molar-refractivity contribution in [1.29, 1.82) is 0 Å². The Kier molecular flexibility index (Phi) is 4.81. The fourth-order valence-electron chi connectivity index (χ4n) is 4.33. The lowest BCUT2D eigenvalue weighted by molar-refractivity contribution is 0.0281. The Morgan fingerprint density at radius 1 is 1.00 bits per heavy atom. The quantitative estimate of drug-likeness (QED) is 0.723. The molecule has 2 aliphatic rings. The van der Waals surface area contributed by atoms with Gasteiger partial charge in [0.1, 0.15) is 0 Å². The smallest absolute Gasteiger partial charge is 0.413 e. The van der Waals surface area contributed by atoms with E-state index in [-0.39, 0.29) is 12.6 Å². The van der Waals surface area contributed by atoms with E-state index in [4.69, 9.17) is 13.7 Å². The molecule has 0 aromatic rings. The summed E-state index contributed by atoms with van der Waals surface area (Å²) in [7, 11) is 1.66. The highest BCUT2D eigenvalue weighted by Gasteiger charge is 2.59. The van der Waals surface area contributed by atoms with Gasteiger partial charge in [0.15, 0.2) is 8.32 Å². The predicted molar refractivity (Wildman–Crippen MR) is 81.6 cm³/mol. The summed E-state index contributed by atoms with van der Waals surface area (Å²) < 4.78 is 18.0. The molecule has 0 spiro atoms. The van der Waals surface area contributed by atoms with Crippen LogP contribution in [0.2, 0.25) is 19.6 Å². The second-order valence-corrected chi connectivity index (χ2v) is 11.6. The van der Waals surface area contributed by atoms with Gasteiger partial charge in [-0.3, -0.25) is 0 Å². The second-order valence-electron chi connectivity index (χ2n) is 7.16. The largest absolute Gasteiger partial charge is 0.489 e. The fourth-order valence-corrected chi connectivity index (χ4v) is 5.82. The molecule has 0 amide bonds. The van der Waals surface area contributed by atoms with E-state index in [9.17, 15) is 0 Å². The SMILES string of the molecule is COB(OC)C1(O[Si](C)(C)C)CCC2CCCCC21. The van der Waals surface area contributed by atoms with E-state index in [1.54, 1.807) is 14.2 Å². The van der Waals surface area contributed by atoms with Gasteiger partial charge in [-0.1, -0.05) is 19.3 Å². The summed E-state index contributed by atoms with van der Waals surface area (Å²) in [5, 5.41) is 0. The van der Waals surface area contributed by atoms with Crippen LogP contribution in [0.5, 0.6) is 0 Å². The Hall–Kier alpha value is 0.162. The number of fused-ring (bicyclic) bond motifs is 1. The highest BCUT2D eigenvalue weighted by atomic mass is 28.4. The number of rotatable bonds is 5. The molecule has 3 atom stereocenters. The predicted octanol–water partition coefficient (Wildman–Crippen LogP) is 3.50. The molecule has 0 aromatic heterocycles. The van der Waals surface area contributed by atoms with E-state index in [0.29, 0.717) is 5.92 Å². The molecule has 2 aliphatic carbocycles. The van der Waals surface area contributed by atoms with E-state index in [0.717, 1.165) is 12.3 Å². The molecule has 110 valence electrons. The van der Waals surface area contributed by atoms with Gasteiger partial charge in [-0.05, 0) is 50.7 Å². The molecule has 2 saturated carbocycles. The fraction of sp³-hybridized carbons (Fsp3) is 1.00. The van der Waals surface area contributed by atoms with E-state index < -0.39 is 8.32 Å². The topological polar surface area (TPSA) is 27.7 Å². The first kappa shape index (κ1) is 15.5. The highest BCUT2D eigenvalue weighted by molar-refractivity contribution is 6.70. The third-order valence-electron chi connectivity index (χ3n) is 4.77. The zero-order valence-corrected chi connectivity index (χ0v) is 14.2. The van der Waals surface area contributed by atoms with Crippen molar-refractivity contribution < 1.29 is 13.7 Å². The summed E-state index contributed by atoms with van der Waals surface area (Å²) in [5.41, 5.74) is -0.195. The van der Waals surface area contributed by atoms with Crippen molar-refractivity contribution in [2.24, 2.45) is 11.8 Å². The van der Waals surface area contributed by atoms with Crippen LogP contribution in [0, 0.1) is 11.8 Å². The van der Waals surface area contributed by atoms with E-state index in [1.807, 2.05) is 0 Å². The van der Waals surface area contributed by atoms with Crippen LogP contribution in [0.1, 0.15) is 38.5 Å². The lowest BCUT2D eigenvalue weighted by atomic mass is 9.58. The molecule has 2 rings (SSSR count). The molecule has 0 aliphatic heterocycles. The van der Waals surface area contributed by atoms with E-state index in [2.05, 4.69) is 19.6 Å². The maximum absolute atomic E-state index is 6.69. The minimum absolute atomic E-state index is 0.195. The van der Waals surface area contributed by atoms with Gasteiger partial charge in [-0.25, -0.2) is 0 Å². The van der Waals surface area contributed by atoms with Crippen molar-refractivity contribution in [3.05, 3.63) is 0 Å². The Labute approximate surface area is 119 Å². The van der Waals surface area contributed by atoms with Crippen LogP contribution in [-0.4, -0.2) is 35.2 Å². The molecule has 0 N–H and O–H groups in total. The third kappa shape index (κ3) is 3.09. The molecule has 2 fully saturated rings. The van der Waals surface area contributed by atoms with Gasteiger partial charge >= 0.3 is 7.12 Å². The summed E-state index contributed by atoms with van der Waals surface area (Å²) in [6, 6.07) is 0. The van der Waals surface area contributed by atoms with Gasteiger partial charge in [-0.15, -0.1) is 0 Å². The Morgan fingerprint density at radius 2 is 1.63 bits per heavy atom. The molecule has 5 heteroatoms. The Balaban J connectivity index is 2.28. The third-order valence-corrected chi connectivity index (χ3v) is 5.76. The van der Waals surface area contributed by atoms with Crippen molar-refractivity contribution in [3.8, 4) is 0 Å². The second kappa shape index (κ2) is 5.88. The summed E-state index contributed by atoms with van der Waals surface area (Å²) in [5.74, 6) is 1.44. The first-order chi connectivity index (χ1) is 8.93. The van der Waals surface area contributed by atoms with Gasteiger partial charge in [0.05, 0.1) is 5.50 Å². The van der Waals surface area contributed by atoms with Gasteiger partial charge in [0.25, 0.3) is 0 Å². The van der Waals surface area contributed by atoms with E-state index >= 15 is 0 Å². The zero-order valence-electron chi connectivity index (χ0n) is 13.2. The molecule has 0 bridgehead atoms. The molecule has 0 aromatic carbocycles. The van der Waals surface area contributed by atoms with Crippen LogP contribution in [0.4, 0.5) is 0 Å². The van der Waals surface area contributed by atoms with Gasteiger partial charge in [-0.2, -0.15) is 0 Å². The first-order valence-electron chi connectivity index (χ1n) is 7.69. The van der Waals surface area contributed by atoms with Crippen LogP contribution in [0.15, 0.2) is 0 Å².